The Labute approximate surface area is 122 Å². The normalized spacial score (nSPS) is 11.4. The van der Waals surface area contributed by atoms with Crippen LogP contribution in [0.4, 0.5) is 10.8 Å². The fraction of sp³-hybridized carbons (Fsp3) is 0.308. The summed E-state index contributed by atoms with van der Waals surface area (Å²) in [5.74, 6) is 0.725. The number of benzene rings is 1. The summed E-state index contributed by atoms with van der Waals surface area (Å²) in [6.07, 6.45) is 0. The van der Waals surface area contributed by atoms with Gasteiger partial charge in [0.2, 0.25) is 0 Å². The minimum absolute atomic E-state index is 0.107. The molecule has 7 heteroatoms. The van der Waals surface area contributed by atoms with Gasteiger partial charge in [-0.05, 0) is 17.1 Å². The molecule has 0 bridgehead atoms. The number of anilines is 2. The highest BCUT2D eigenvalue weighted by Crippen LogP contribution is 2.36. The second-order valence-electron chi connectivity index (χ2n) is 4.30. The predicted octanol–water partition coefficient (Wildman–Crippen LogP) is 2.24. The van der Waals surface area contributed by atoms with Crippen molar-refractivity contribution < 1.29 is 8.42 Å². The Bertz CT molecular complexity index is 666. The summed E-state index contributed by atoms with van der Waals surface area (Å²) in [5.41, 5.74) is 7.71. The minimum atomic E-state index is -2.97. The summed E-state index contributed by atoms with van der Waals surface area (Å²) in [5, 5.41) is 3.93. The Kier molecular flexibility index (Phi) is 4.61. The van der Waals surface area contributed by atoms with Crippen LogP contribution in [0.5, 0.6) is 0 Å². The molecule has 0 aliphatic carbocycles. The molecule has 1 aromatic carbocycles. The molecular formula is C13H17N3O2S2. The summed E-state index contributed by atoms with van der Waals surface area (Å²) in [6, 6.07) is 9.69. The van der Waals surface area contributed by atoms with E-state index in [4.69, 9.17) is 5.73 Å². The van der Waals surface area contributed by atoms with Crippen molar-refractivity contribution in [2.45, 2.75) is 6.92 Å². The summed E-state index contributed by atoms with van der Waals surface area (Å²) in [7, 11) is -2.97. The topological polar surface area (TPSA) is 85.1 Å². The maximum absolute atomic E-state index is 11.5. The first kappa shape index (κ1) is 14.8. The van der Waals surface area contributed by atoms with E-state index >= 15 is 0 Å². The molecule has 0 spiro atoms. The number of nitrogens with zero attached hydrogens (tertiary/aromatic N) is 1. The molecule has 2 aromatic rings. The van der Waals surface area contributed by atoms with Crippen molar-refractivity contribution in [1.29, 1.82) is 0 Å². The summed E-state index contributed by atoms with van der Waals surface area (Å²) >= 11 is 1.25. The van der Waals surface area contributed by atoms with Crippen LogP contribution >= 0.6 is 11.5 Å². The molecule has 2 rings (SSSR count). The van der Waals surface area contributed by atoms with Crippen LogP contribution in [-0.4, -0.2) is 30.8 Å². The van der Waals surface area contributed by atoms with Gasteiger partial charge in [0.25, 0.3) is 0 Å². The number of nitrogens with two attached hydrogens (primary N) is 1. The van der Waals surface area contributed by atoms with Gasteiger partial charge >= 0.3 is 0 Å². The van der Waals surface area contributed by atoms with Gasteiger partial charge in [0.05, 0.1) is 11.3 Å². The number of nitrogen functional groups attached to an aromatic ring is 1. The number of rotatable bonds is 6. The number of nitrogens with one attached hydrogen (secondary N) is 1. The van der Waals surface area contributed by atoms with Gasteiger partial charge in [-0.25, -0.2) is 8.42 Å². The molecule has 0 atom stereocenters. The van der Waals surface area contributed by atoms with Gasteiger partial charge in [0, 0.05) is 12.3 Å². The van der Waals surface area contributed by atoms with Crippen LogP contribution in [0.15, 0.2) is 30.3 Å². The molecule has 0 aliphatic rings. The van der Waals surface area contributed by atoms with Crippen LogP contribution in [0.25, 0.3) is 11.1 Å². The Morgan fingerprint density at radius 3 is 2.65 bits per heavy atom. The Balaban J connectivity index is 2.14. The van der Waals surface area contributed by atoms with Crippen LogP contribution in [-0.2, 0) is 9.84 Å². The molecule has 0 saturated heterocycles. The molecule has 0 radical (unpaired) electrons. The lowest BCUT2D eigenvalue weighted by Crippen LogP contribution is -2.17. The van der Waals surface area contributed by atoms with Crippen LogP contribution in [0.2, 0.25) is 0 Å². The Morgan fingerprint density at radius 2 is 2.00 bits per heavy atom. The molecule has 0 aliphatic heterocycles. The van der Waals surface area contributed by atoms with E-state index in [2.05, 4.69) is 9.69 Å². The third-order valence-corrected chi connectivity index (χ3v) is 5.44. The van der Waals surface area contributed by atoms with Gasteiger partial charge in [-0.1, -0.05) is 37.3 Å². The lowest BCUT2D eigenvalue weighted by molar-refractivity contribution is 0.597. The fourth-order valence-corrected chi connectivity index (χ4v) is 3.23. The van der Waals surface area contributed by atoms with Gasteiger partial charge in [0.15, 0.2) is 9.84 Å². The van der Waals surface area contributed by atoms with Crippen molar-refractivity contribution in [3.05, 3.63) is 30.3 Å². The first-order chi connectivity index (χ1) is 9.53. The van der Waals surface area contributed by atoms with E-state index in [9.17, 15) is 8.42 Å². The van der Waals surface area contributed by atoms with Crippen molar-refractivity contribution in [2.24, 2.45) is 0 Å². The van der Waals surface area contributed by atoms with E-state index < -0.39 is 9.84 Å². The molecule has 1 heterocycles. The zero-order chi connectivity index (χ0) is 14.6. The van der Waals surface area contributed by atoms with Crippen molar-refractivity contribution in [2.75, 3.05) is 29.1 Å². The molecule has 108 valence electrons. The van der Waals surface area contributed by atoms with Crippen molar-refractivity contribution >= 4 is 32.2 Å². The maximum Gasteiger partial charge on any atom is 0.151 e. The molecule has 0 saturated carbocycles. The van der Waals surface area contributed by atoms with Gasteiger partial charge in [-0.2, -0.15) is 4.37 Å². The monoisotopic (exact) mass is 311 g/mol. The van der Waals surface area contributed by atoms with Crippen molar-refractivity contribution in [1.82, 2.24) is 4.37 Å². The van der Waals surface area contributed by atoms with Crippen LogP contribution in [0.1, 0.15) is 6.92 Å². The average molecular weight is 311 g/mol. The highest BCUT2D eigenvalue weighted by Gasteiger charge is 2.14. The van der Waals surface area contributed by atoms with E-state index in [1.54, 1.807) is 6.92 Å². The van der Waals surface area contributed by atoms with E-state index in [0.717, 1.165) is 16.1 Å². The first-order valence-electron chi connectivity index (χ1n) is 6.28. The standard InChI is InChI=1S/C13H17N3O2S2/c1-2-20(17,18)9-8-15-13-11(12(14)16-19-13)10-6-4-3-5-7-10/h3-7,15H,2,8-9H2,1H3,(H2,14,16). The number of hydrogen-bond acceptors (Lipinski definition) is 6. The summed E-state index contributed by atoms with van der Waals surface area (Å²) in [6.45, 7) is 2.01. The second kappa shape index (κ2) is 6.23. The van der Waals surface area contributed by atoms with E-state index in [1.807, 2.05) is 30.3 Å². The van der Waals surface area contributed by atoms with E-state index in [-0.39, 0.29) is 11.5 Å². The molecule has 0 fully saturated rings. The van der Waals surface area contributed by atoms with Crippen molar-refractivity contribution in [3.63, 3.8) is 0 Å². The van der Waals surface area contributed by atoms with E-state index in [0.29, 0.717) is 12.4 Å². The minimum Gasteiger partial charge on any atom is -0.382 e. The lowest BCUT2D eigenvalue weighted by atomic mass is 10.1. The van der Waals surface area contributed by atoms with Gasteiger partial charge in [-0.3, -0.25) is 0 Å². The largest absolute Gasteiger partial charge is 0.382 e. The third kappa shape index (κ3) is 3.49. The van der Waals surface area contributed by atoms with Gasteiger partial charge in [0.1, 0.15) is 10.8 Å². The highest BCUT2D eigenvalue weighted by molar-refractivity contribution is 7.91. The quantitative estimate of drug-likeness (QED) is 0.854. The van der Waals surface area contributed by atoms with Crippen LogP contribution in [0.3, 0.4) is 0 Å². The summed E-state index contributed by atoms with van der Waals surface area (Å²) < 4.78 is 27.1. The molecule has 0 amide bonds. The van der Waals surface area contributed by atoms with Gasteiger partial charge < -0.3 is 11.1 Å². The molecule has 0 unspecified atom stereocenters. The molecule has 3 N–H and O–H groups in total. The highest BCUT2D eigenvalue weighted by atomic mass is 32.2. The third-order valence-electron chi connectivity index (χ3n) is 2.92. The zero-order valence-corrected chi connectivity index (χ0v) is 12.8. The summed E-state index contributed by atoms with van der Waals surface area (Å²) in [4.78, 5) is 0. The molecule has 5 nitrogen and oxygen atoms in total. The van der Waals surface area contributed by atoms with Gasteiger partial charge in [-0.15, -0.1) is 0 Å². The number of hydrogen-bond donors (Lipinski definition) is 2. The zero-order valence-electron chi connectivity index (χ0n) is 11.2. The average Bonchev–Trinajstić information content (AvgIpc) is 2.81. The first-order valence-corrected chi connectivity index (χ1v) is 8.88. The Morgan fingerprint density at radius 1 is 1.30 bits per heavy atom. The lowest BCUT2D eigenvalue weighted by Gasteiger charge is -2.07. The smallest absolute Gasteiger partial charge is 0.151 e. The van der Waals surface area contributed by atoms with E-state index in [1.165, 1.54) is 11.5 Å². The van der Waals surface area contributed by atoms with Crippen molar-refractivity contribution in [3.8, 4) is 11.1 Å². The molecule has 1 aromatic heterocycles. The molecule has 20 heavy (non-hydrogen) atoms. The Hall–Kier alpha value is -1.60. The number of sulfone groups is 1. The number of aromatic nitrogens is 1. The van der Waals surface area contributed by atoms with Crippen LogP contribution < -0.4 is 11.1 Å². The van der Waals surface area contributed by atoms with Crippen LogP contribution in [0, 0.1) is 0 Å². The predicted molar refractivity (Wildman–Crippen MR) is 84.8 cm³/mol. The SMILES string of the molecule is CCS(=O)(=O)CCNc1snc(N)c1-c1ccccc1. The maximum atomic E-state index is 11.5. The second-order valence-corrected chi connectivity index (χ2v) is 7.55. The fourth-order valence-electron chi connectivity index (χ4n) is 1.77. The molecular weight excluding hydrogens is 294 g/mol.